The summed E-state index contributed by atoms with van der Waals surface area (Å²) in [6, 6.07) is 10.2. The standard InChI is InChI=1S/C15H12ClNO4/c16-12-5-1-2-6-13(12)17-14(18)10-21-15(19)8-7-11-4-3-9-20-11/h1-9H,10H2,(H,17,18). The van der Waals surface area contributed by atoms with Crippen LogP contribution in [0.5, 0.6) is 0 Å². The average Bonchev–Trinajstić information content (AvgIpc) is 2.99. The molecule has 0 aliphatic heterocycles. The molecule has 1 amide bonds. The van der Waals surface area contributed by atoms with E-state index < -0.39 is 18.5 Å². The van der Waals surface area contributed by atoms with Crippen molar-refractivity contribution >= 4 is 35.2 Å². The van der Waals surface area contributed by atoms with E-state index in [2.05, 4.69) is 5.32 Å². The highest BCUT2D eigenvalue weighted by Crippen LogP contribution is 2.20. The van der Waals surface area contributed by atoms with Crippen LogP contribution in [-0.2, 0) is 14.3 Å². The number of hydrogen-bond acceptors (Lipinski definition) is 4. The molecule has 0 atom stereocenters. The van der Waals surface area contributed by atoms with Crippen molar-refractivity contribution in [3.05, 3.63) is 59.5 Å². The number of benzene rings is 1. The molecule has 0 unspecified atom stereocenters. The van der Waals surface area contributed by atoms with Crippen LogP contribution in [0.2, 0.25) is 5.02 Å². The third-order valence-corrected chi connectivity index (χ3v) is 2.75. The molecule has 108 valence electrons. The van der Waals surface area contributed by atoms with E-state index in [1.54, 1.807) is 36.4 Å². The maximum absolute atomic E-state index is 11.6. The topological polar surface area (TPSA) is 68.5 Å². The molecule has 6 heteroatoms. The zero-order chi connectivity index (χ0) is 15.1. The number of hydrogen-bond donors (Lipinski definition) is 1. The molecule has 0 radical (unpaired) electrons. The predicted molar refractivity (Wildman–Crippen MR) is 78.8 cm³/mol. The smallest absolute Gasteiger partial charge is 0.331 e. The Morgan fingerprint density at radius 3 is 2.76 bits per heavy atom. The minimum absolute atomic E-state index is 0.396. The highest BCUT2D eigenvalue weighted by molar-refractivity contribution is 6.33. The largest absolute Gasteiger partial charge is 0.465 e. The first-order valence-corrected chi connectivity index (χ1v) is 6.45. The molecule has 1 aromatic heterocycles. The summed E-state index contributed by atoms with van der Waals surface area (Å²) < 4.78 is 9.80. The van der Waals surface area contributed by atoms with E-state index >= 15 is 0 Å². The number of halogens is 1. The number of carbonyl (C=O) groups excluding carboxylic acids is 2. The van der Waals surface area contributed by atoms with Crippen molar-refractivity contribution in [3.8, 4) is 0 Å². The van der Waals surface area contributed by atoms with Gasteiger partial charge in [0.05, 0.1) is 17.0 Å². The summed E-state index contributed by atoms with van der Waals surface area (Å²) in [5.74, 6) is -0.587. The number of esters is 1. The van der Waals surface area contributed by atoms with E-state index in [0.717, 1.165) is 0 Å². The number of rotatable bonds is 5. The average molecular weight is 306 g/mol. The second-order valence-corrected chi connectivity index (χ2v) is 4.39. The van der Waals surface area contributed by atoms with Gasteiger partial charge in [-0.2, -0.15) is 0 Å². The number of carbonyl (C=O) groups is 2. The zero-order valence-corrected chi connectivity index (χ0v) is 11.7. The summed E-state index contributed by atoms with van der Waals surface area (Å²) in [5.41, 5.74) is 0.464. The molecule has 2 rings (SSSR count). The number of para-hydroxylation sites is 1. The molecule has 0 saturated heterocycles. The fourth-order valence-electron chi connectivity index (χ4n) is 1.47. The summed E-state index contributed by atoms with van der Waals surface area (Å²) in [6.07, 6.45) is 4.12. The summed E-state index contributed by atoms with van der Waals surface area (Å²) >= 11 is 5.89. The molecule has 1 aromatic carbocycles. The summed E-state index contributed by atoms with van der Waals surface area (Å²) in [6.45, 7) is -0.396. The Morgan fingerprint density at radius 1 is 1.24 bits per heavy atom. The van der Waals surface area contributed by atoms with Gasteiger partial charge in [0.1, 0.15) is 5.76 Å². The first-order valence-electron chi connectivity index (χ1n) is 6.08. The predicted octanol–water partition coefficient (Wildman–Crippen LogP) is 3.13. The van der Waals surface area contributed by atoms with E-state index in [1.807, 2.05) is 0 Å². The van der Waals surface area contributed by atoms with Gasteiger partial charge in [-0.25, -0.2) is 4.79 Å². The molecule has 0 bridgehead atoms. The first-order chi connectivity index (χ1) is 10.1. The van der Waals surface area contributed by atoms with Crippen molar-refractivity contribution < 1.29 is 18.7 Å². The van der Waals surface area contributed by atoms with E-state index in [-0.39, 0.29) is 0 Å². The SMILES string of the molecule is O=C(COC(=O)C=Cc1ccco1)Nc1ccccc1Cl. The van der Waals surface area contributed by atoms with Gasteiger partial charge in [-0.1, -0.05) is 23.7 Å². The van der Waals surface area contributed by atoms with Gasteiger partial charge >= 0.3 is 5.97 Å². The lowest BCUT2D eigenvalue weighted by Gasteiger charge is -2.06. The lowest BCUT2D eigenvalue weighted by atomic mass is 10.3. The number of amides is 1. The number of furan rings is 1. The molecule has 0 aliphatic carbocycles. The van der Waals surface area contributed by atoms with Crippen LogP contribution >= 0.6 is 11.6 Å². The molecule has 0 spiro atoms. The minimum atomic E-state index is -0.638. The Kier molecular flexibility index (Phi) is 5.17. The Morgan fingerprint density at radius 2 is 2.05 bits per heavy atom. The lowest BCUT2D eigenvalue weighted by molar-refractivity contribution is -0.142. The molecule has 0 fully saturated rings. The Labute approximate surface area is 126 Å². The molecular formula is C15H12ClNO4. The zero-order valence-electron chi connectivity index (χ0n) is 10.9. The van der Waals surface area contributed by atoms with E-state index in [0.29, 0.717) is 16.5 Å². The van der Waals surface area contributed by atoms with Gasteiger partial charge in [-0.3, -0.25) is 4.79 Å². The normalized spacial score (nSPS) is 10.5. The maximum Gasteiger partial charge on any atom is 0.331 e. The van der Waals surface area contributed by atoms with Gasteiger partial charge in [0.2, 0.25) is 0 Å². The van der Waals surface area contributed by atoms with Gasteiger partial charge < -0.3 is 14.5 Å². The molecule has 21 heavy (non-hydrogen) atoms. The van der Waals surface area contributed by atoms with Crippen LogP contribution in [0.1, 0.15) is 5.76 Å². The molecule has 1 heterocycles. The van der Waals surface area contributed by atoms with Crippen molar-refractivity contribution in [2.24, 2.45) is 0 Å². The van der Waals surface area contributed by atoms with Crippen molar-refractivity contribution in [2.75, 3.05) is 11.9 Å². The van der Waals surface area contributed by atoms with Gasteiger partial charge in [0.15, 0.2) is 6.61 Å². The lowest BCUT2D eigenvalue weighted by Crippen LogP contribution is -2.20. The van der Waals surface area contributed by atoms with Gasteiger partial charge in [0.25, 0.3) is 5.91 Å². The van der Waals surface area contributed by atoms with Crippen LogP contribution < -0.4 is 5.32 Å². The van der Waals surface area contributed by atoms with Gasteiger partial charge in [-0.05, 0) is 30.3 Å². The summed E-state index contributed by atoms with van der Waals surface area (Å²) in [7, 11) is 0. The second-order valence-electron chi connectivity index (χ2n) is 3.98. The van der Waals surface area contributed by atoms with Crippen LogP contribution in [0.15, 0.2) is 53.2 Å². The van der Waals surface area contributed by atoms with E-state index in [4.69, 9.17) is 20.8 Å². The number of anilines is 1. The molecule has 1 N–H and O–H groups in total. The number of nitrogens with one attached hydrogen (secondary N) is 1. The Bertz CT molecular complexity index is 649. The van der Waals surface area contributed by atoms with Crippen molar-refractivity contribution in [3.63, 3.8) is 0 Å². The monoisotopic (exact) mass is 305 g/mol. The maximum atomic E-state index is 11.6. The van der Waals surface area contributed by atoms with Crippen LogP contribution in [0.3, 0.4) is 0 Å². The Hall–Kier alpha value is -2.53. The fourth-order valence-corrected chi connectivity index (χ4v) is 1.65. The third-order valence-electron chi connectivity index (χ3n) is 2.42. The van der Waals surface area contributed by atoms with Crippen molar-refractivity contribution in [1.29, 1.82) is 0 Å². The highest BCUT2D eigenvalue weighted by atomic mass is 35.5. The van der Waals surface area contributed by atoms with E-state index in [9.17, 15) is 9.59 Å². The summed E-state index contributed by atoms with van der Waals surface area (Å²) in [4.78, 5) is 23.0. The highest BCUT2D eigenvalue weighted by Gasteiger charge is 2.07. The van der Waals surface area contributed by atoms with Crippen LogP contribution in [-0.4, -0.2) is 18.5 Å². The van der Waals surface area contributed by atoms with Crippen LogP contribution in [0, 0.1) is 0 Å². The molecular weight excluding hydrogens is 294 g/mol. The van der Waals surface area contributed by atoms with Gasteiger partial charge in [-0.15, -0.1) is 0 Å². The second kappa shape index (κ2) is 7.31. The van der Waals surface area contributed by atoms with Crippen LogP contribution in [0.25, 0.3) is 6.08 Å². The quantitative estimate of drug-likeness (QED) is 0.680. The van der Waals surface area contributed by atoms with E-state index in [1.165, 1.54) is 18.4 Å². The van der Waals surface area contributed by atoms with Crippen molar-refractivity contribution in [2.45, 2.75) is 0 Å². The third kappa shape index (κ3) is 4.81. The van der Waals surface area contributed by atoms with Crippen LogP contribution in [0.4, 0.5) is 5.69 Å². The minimum Gasteiger partial charge on any atom is -0.465 e. The van der Waals surface area contributed by atoms with Crippen molar-refractivity contribution in [1.82, 2.24) is 0 Å². The number of ether oxygens (including phenoxy) is 1. The Balaban J connectivity index is 1.79. The van der Waals surface area contributed by atoms with Gasteiger partial charge in [0, 0.05) is 6.08 Å². The summed E-state index contributed by atoms with van der Waals surface area (Å²) in [5, 5.41) is 2.96. The molecule has 0 saturated carbocycles. The molecule has 0 aliphatic rings. The fraction of sp³-hybridized carbons (Fsp3) is 0.0667. The molecule has 2 aromatic rings. The molecule has 5 nitrogen and oxygen atoms in total. The first kappa shape index (κ1) is 14.9.